The third-order valence-electron chi connectivity index (χ3n) is 12.8. The van der Waals surface area contributed by atoms with Gasteiger partial charge in [-0.15, -0.1) is 0 Å². The number of allylic oxidation sites excluding steroid dienone is 23. The molecule has 0 aromatic heterocycles. The molecule has 2 unspecified atom stereocenters. The molecule has 0 aliphatic rings. The van der Waals surface area contributed by atoms with Gasteiger partial charge in [-0.2, -0.15) is 0 Å². The molecule has 72 heavy (non-hydrogen) atoms. The number of aliphatic hydroxyl groups is 2. The number of rotatable bonds is 53. The summed E-state index contributed by atoms with van der Waals surface area (Å²) in [4.78, 5) is 12.5. The summed E-state index contributed by atoms with van der Waals surface area (Å²) in [6.45, 7) is 4.19. The third-order valence-corrected chi connectivity index (χ3v) is 12.8. The number of unbranched alkanes of at least 4 members (excludes halogenated alkanes) is 24. The molecule has 0 aliphatic heterocycles. The van der Waals surface area contributed by atoms with E-state index >= 15 is 0 Å². The van der Waals surface area contributed by atoms with Gasteiger partial charge in [0.2, 0.25) is 5.91 Å². The van der Waals surface area contributed by atoms with E-state index in [-0.39, 0.29) is 12.5 Å². The minimum absolute atomic E-state index is 0.0999. The summed E-state index contributed by atoms with van der Waals surface area (Å²) >= 11 is 0. The Balaban J connectivity index is 3.69. The zero-order chi connectivity index (χ0) is 52.0. The fourth-order valence-electron chi connectivity index (χ4n) is 8.30. The van der Waals surface area contributed by atoms with E-state index < -0.39 is 12.1 Å². The molecular weight excluding hydrogens is 879 g/mol. The van der Waals surface area contributed by atoms with Gasteiger partial charge in [0.25, 0.3) is 0 Å². The lowest BCUT2D eigenvalue weighted by molar-refractivity contribution is -0.123. The molecule has 4 nitrogen and oxygen atoms in total. The number of aliphatic hydroxyl groups excluding tert-OH is 2. The van der Waals surface area contributed by atoms with Crippen LogP contribution < -0.4 is 5.32 Å². The summed E-state index contributed by atoms with van der Waals surface area (Å²) in [5.74, 6) is -0.0999. The molecule has 0 heterocycles. The topological polar surface area (TPSA) is 69.6 Å². The van der Waals surface area contributed by atoms with Gasteiger partial charge in [-0.3, -0.25) is 4.79 Å². The van der Waals surface area contributed by atoms with Crippen LogP contribution in [0.25, 0.3) is 0 Å². The predicted octanol–water partition coefficient (Wildman–Crippen LogP) is 20.4. The molecule has 0 saturated heterocycles. The third kappa shape index (κ3) is 57.2. The van der Waals surface area contributed by atoms with E-state index in [1.54, 1.807) is 6.08 Å². The zero-order valence-electron chi connectivity index (χ0n) is 46.9. The van der Waals surface area contributed by atoms with Crippen molar-refractivity contribution in [1.82, 2.24) is 5.32 Å². The van der Waals surface area contributed by atoms with E-state index in [0.717, 1.165) is 109 Å². The number of amides is 1. The minimum Gasteiger partial charge on any atom is -0.394 e. The number of carbonyl (C=O) groups excluding carboxylic acids is 1. The Morgan fingerprint density at radius 3 is 0.917 bits per heavy atom. The van der Waals surface area contributed by atoms with E-state index in [1.165, 1.54) is 128 Å². The second-order valence-corrected chi connectivity index (χ2v) is 19.7. The molecule has 0 aliphatic carbocycles. The number of hydrogen-bond acceptors (Lipinski definition) is 3. The Bertz CT molecular complexity index is 1500. The summed E-state index contributed by atoms with van der Waals surface area (Å²) in [5, 5.41) is 23.2. The Morgan fingerprint density at radius 2 is 0.611 bits per heavy atom. The Morgan fingerprint density at radius 1 is 0.347 bits per heavy atom. The van der Waals surface area contributed by atoms with Gasteiger partial charge < -0.3 is 15.5 Å². The van der Waals surface area contributed by atoms with Crippen molar-refractivity contribution in [3.05, 3.63) is 146 Å². The average molecular weight is 993 g/mol. The fourth-order valence-corrected chi connectivity index (χ4v) is 8.30. The van der Waals surface area contributed by atoms with Crippen LogP contribution in [0.15, 0.2) is 146 Å². The van der Waals surface area contributed by atoms with Crippen LogP contribution in [0.4, 0.5) is 0 Å². The van der Waals surface area contributed by atoms with Crippen molar-refractivity contribution >= 4 is 5.91 Å². The normalized spacial score (nSPS) is 13.9. The molecule has 0 aromatic rings. The van der Waals surface area contributed by atoms with Crippen molar-refractivity contribution in [2.75, 3.05) is 6.61 Å². The highest BCUT2D eigenvalue weighted by atomic mass is 16.3. The molecule has 0 saturated carbocycles. The van der Waals surface area contributed by atoms with Gasteiger partial charge in [-0.25, -0.2) is 0 Å². The molecule has 0 fully saturated rings. The Labute approximate surface area is 446 Å². The molecule has 2 atom stereocenters. The molecular formula is C68H113NO3. The van der Waals surface area contributed by atoms with Crippen molar-refractivity contribution < 1.29 is 15.0 Å². The van der Waals surface area contributed by atoms with E-state index in [2.05, 4.69) is 153 Å². The minimum atomic E-state index is -0.865. The van der Waals surface area contributed by atoms with Crippen LogP contribution in [0.1, 0.15) is 258 Å². The van der Waals surface area contributed by atoms with Crippen molar-refractivity contribution in [1.29, 1.82) is 0 Å². The maximum atomic E-state index is 12.5. The van der Waals surface area contributed by atoms with Crippen LogP contribution in [-0.4, -0.2) is 34.9 Å². The lowest BCUT2D eigenvalue weighted by atomic mass is 10.0. The largest absolute Gasteiger partial charge is 0.394 e. The summed E-state index contributed by atoms with van der Waals surface area (Å²) < 4.78 is 0. The first-order chi connectivity index (χ1) is 35.7. The lowest BCUT2D eigenvalue weighted by Gasteiger charge is -2.19. The van der Waals surface area contributed by atoms with E-state index in [0.29, 0.717) is 6.42 Å². The fraction of sp³-hybridized carbons (Fsp3) is 0.632. The van der Waals surface area contributed by atoms with Crippen molar-refractivity contribution in [2.24, 2.45) is 0 Å². The number of hydrogen-bond donors (Lipinski definition) is 3. The SMILES string of the molecule is CC/C=C\C/C=C\C/C=C\C/C=C\C/C=C\C/C=C\C/C=C\C/C=C\C/C=C\C/C=C\C/C=C\CCCCCC(=O)NC(CO)C(O)/C=C/CCCCCCCCCCCCCCCCCCCCCCC. The van der Waals surface area contributed by atoms with Crippen molar-refractivity contribution in [3.63, 3.8) is 0 Å². The van der Waals surface area contributed by atoms with Gasteiger partial charge in [0.05, 0.1) is 18.8 Å². The second kappa shape index (κ2) is 61.6. The number of nitrogens with one attached hydrogen (secondary N) is 1. The summed E-state index contributed by atoms with van der Waals surface area (Å²) in [6.07, 6.45) is 97.2. The second-order valence-electron chi connectivity index (χ2n) is 19.7. The molecule has 0 spiro atoms. The quantitative estimate of drug-likeness (QED) is 0.0420. The maximum absolute atomic E-state index is 12.5. The van der Waals surface area contributed by atoms with Crippen LogP contribution in [0.2, 0.25) is 0 Å². The Hall–Kier alpha value is -3.73. The first-order valence-electron chi connectivity index (χ1n) is 30.0. The molecule has 3 N–H and O–H groups in total. The highest BCUT2D eigenvalue weighted by Crippen LogP contribution is 2.16. The molecule has 0 rings (SSSR count). The van der Waals surface area contributed by atoms with Gasteiger partial charge in [0, 0.05) is 6.42 Å². The first kappa shape index (κ1) is 68.3. The van der Waals surface area contributed by atoms with Crippen LogP contribution in [-0.2, 0) is 4.79 Å². The average Bonchev–Trinajstić information content (AvgIpc) is 3.39. The van der Waals surface area contributed by atoms with Crippen LogP contribution >= 0.6 is 0 Å². The highest BCUT2D eigenvalue weighted by molar-refractivity contribution is 5.76. The smallest absolute Gasteiger partial charge is 0.220 e. The van der Waals surface area contributed by atoms with Crippen molar-refractivity contribution in [3.8, 4) is 0 Å². The number of carbonyl (C=O) groups is 1. The van der Waals surface area contributed by atoms with Crippen LogP contribution in [0, 0.1) is 0 Å². The van der Waals surface area contributed by atoms with Gasteiger partial charge >= 0.3 is 0 Å². The molecule has 0 aromatic carbocycles. The van der Waals surface area contributed by atoms with Gasteiger partial charge in [0.15, 0.2) is 0 Å². The summed E-state index contributed by atoms with van der Waals surface area (Å²) in [7, 11) is 0. The Kier molecular flexibility index (Phi) is 58.4. The van der Waals surface area contributed by atoms with Crippen molar-refractivity contribution in [2.45, 2.75) is 270 Å². The zero-order valence-corrected chi connectivity index (χ0v) is 46.9. The first-order valence-corrected chi connectivity index (χ1v) is 30.0. The summed E-state index contributed by atoms with van der Waals surface area (Å²) in [6, 6.07) is -0.652. The van der Waals surface area contributed by atoms with E-state index in [9.17, 15) is 15.0 Å². The monoisotopic (exact) mass is 992 g/mol. The van der Waals surface area contributed by atoms with Crippen LogP contribution in [0.5, 0.6) is 0 Å². The predicted molar refractivity (Wildman–Crippen MR) is 321 cm³/mol. The lowest BCUT2D eigenvalue weighted by Crippen LogP contribution is -2.45. The van der Waals surface area contributed by atoms with E-state index in [1.807, 2.05) is 6.08 Å². The molecule has 0 bridgehead atoms. The van der Waals surface area contributed by atoms with Gasteiger partial charge in [-0.05, 0) is 103 Å². The van der Waals surface area contributed by atoms with Crippen LogP contribution in [0.3, 0.4) is 0 Å². The molecule has 0 radical (unpaired) electrons. The van der Waals surface area contributed by atoms with Gasteiger partial charge in [-0.1, -0.05) is 295 Å². The maximum Gasteiger partial charge on any atom is 0.220 e. The van der Waals surface area contributed by atoms with E-state index in [4.69, 9.17) is 0 Å². The highest BCUT2D eigenvalue weighted by Gasteiger charge is 2.18. The standard InChI is InChI=1S/C68H113NO3/c1-3-5-7-9-11-13-15-17-19-21-23-25-27-28-29-30-31-32-33-34-35-36-37-38-39-40-42-44-46-48-50-52-54-56-58-60-62-64-68(72)69-66(65-70)67(71)63-61-59-57-55-53-51-49-47-45-43-41-26-24-22-20-18-16-14-12-10-8-6-4-2/h5,7,11,13,17,19,23,25,28-29,31-32,34-35,37-38,40,42,46,48,52,54,61,63,66-67,70-71H,3-4,6,8-10,12,14-16,18,20-22,24,26-27,30,33,36,39,41,43-45,47,49-51,53,55-60,62,64-65H2,1-2H3,(H,69,72)/b7-5-,13-11-,19-17-,25-23-,29-28-,32-31-,35-34-,38-37-,42-40-,48-46-,54-52-,63-61+. The van der Waals surface area contributed by atoms with Gasteiger partial charge in [0.1, 0.15) is 0 Å². The molecule has 408 valence electrons. The summed E-state index contributed by atoms with van der Waals surface area (Å²) in [5.41, 5.74) is 0. The molecule has 4 heteroatoms. The molecule has 1 amide bonds.